The van der Waals surface area contributed by atoms with Gasteiger partial charge in [0.2, 0.25) is 0 Å². The van der Waals surface area contributed by atoms with Gasteiger partial charge in [0.25, 0.3) is 11.6 Å². The number of carbonyl (C=O) groups is 1. The van der Waals surface area contributed by atoms with Crippen molar-refractivity contribution in [3.8, 4) is 0 Å². The number of aromatic nitrogens is 1. The van der Waals surface area contributed by atoms with Gasteiger partial charge in [-0.2, -0.15) is 0 Å². The second kappa shape index (κ2) is 7.02. The number of nitrogens with zero attached hydrogens (tertiary/aromatic N) is 2. The smallest absolute Gasteiger partial charge is 0.282 e. The number of hydrogen-bond donors (Lipinski definition) is 2. The summed E-state index contributed by atoms with van der Waals surface area (Å²) < 4.78 is 0. The van der Waals surface area contributed by atoms with Crippen LogP contribution in [0.1, 0.15) is 10.4 Å². The van der Waals surface area contributed by atoms with Crippen molar-refractivity contribution in [2.24, 2.45) is 0 Å². The zero-order valence-corrected chi connectivity index (χ0v) is 13.6. The fourth-order valence-electron chi connectivity index (χ4n) is 2.36. The quantitative estimate of drug-likeness (QED) is 0.426. The van der Waals surface area contributed by atoms with Crippen LogP contribution in [0.2, 0.25) is 0 Å². The van der Waals surface area contributed by atoms with Crippen LogP contribution in [0.5, 0.6) is 0 Å². The summed E-state index contributed by atoms with van der Waals surface area (Å²) in [4.78, 5) is 26.9. The summed E-state index contributed by atoms with van der Waals surface area (Å²) in [6, 6.07) is 14.8. The highest BCUT2D eigenvalue weighted by Crippen LogP contribution is 2.21. The third-order valence-corrected chi connectivity index (χ3v) is 3.67. The molecule has 0 bridgehead atoms. The lowest BCUT2D eigenvalue weighted by atomic mass is 10.1. The molecule has 0 fully saturated rings. The van der Waals surface area contributed by atoms with Crippen molar-refractivity contribution >= 4 is 45.5 Å². The van der Waals surface area contributed by atoms with Crippen molar-refractivity contribution in [2.45, 2.75) is 0 Å². The number of nitro benzene ring substituents is 1. The molecule has 0 radical (unpaired) electrons. The Morgan fingerprint density at radius 1 is 1.08 bits per heavy atom. The molecule has 2 N–H and O–H groups in total. The minimum atomic E-state index is -0.650. The lowest BCUT2D eigenvalue weighted by Gasteiger charge is -2.11. The Hall–Kier alpha value is -3.39. The largest absolute Gasteiger partial charge is 0.332 e. The van der Waals surface area contributed by atoms with Crippen molar-refractivity contribution in [3.05, 3.63) is 76.5 Å². The molecule has 7 nitrogen and oxygen atoms in total. The van der Waals surface area contributed by atoms with Crippen LogP contribution in [0.3, 0.4) is 0 Å². The average Bonchev–Trinajstić information content (AvgIpc) is 2.62. The van der Waals surface area contributed by atoms with E-state index in [1.165, 1.54) is 18.2 Å². The van der Waals surface area contributed by atoms with Gasteiger partial charge in [-0.3, -0.25) is 25.2 Å². The normalized spacial score (nSPS) is 10.2. The molecular weight excluding hydrogens is 340 g/mol. The number of benzene rings is 2. The number of para-hydroxylation sites is 1. The van der Waals surface area contributed by atoms with E-state index < -0.39 is 10.8 Å². The van der Waals surface area contributed by atoms with Crippen LogP contribution in [0.15, 0.2) is 60.8 Å². The minimum Gasteiger partial charge on any atom is -0.332 e. The van der Waals surface area contributed by atoms with Crippen molar-refractivity contribution in [1.82, 2.24) is 10.3 Å². The predicted molar refractivity (Wildman–Crippen MR) is 98.5 cm³/mol. The van der Waals surface area contributed by atoms with Crippen LogP contribution in [0, 0.1) is 10.1 Å². The molecule has 8 heteroatoms. The molecule has 124 valence electrons. The third-order valence-electron chi connectivity index (χ3n) is 3.47. The van der Waals surface area contributed by atoms with Gasteiger partial charge in [0.1, 0.15) is 5.56 Å². The third kappa shape index (κ3) is 3.59. The zero-order chi connectivity index (χ0) is 17.8. The van der Waals surface area contributed by atoms with Crippen molar-refractivity contribution < 1.29 is 9.72 Å². The predicted octanol–water partition coefficient (Wildman–Crippen LogP) is 3.27. The monoisotopic (exact) mass is 352 g/mol. The summed E-state index contributed by atoms with van der Waals surface area (Å²) >= 11 is 5.15. The Kier molecular flexibility index (Phi) is 4.62. The van der Waals surface area contributed by atoms with Crippen LogP contribution < -0.4 is 10.6 Å². The molecule has 0 aliphatic carbocycles. The first kappa shape index (κ1) is 16.5. The first-order chi connectivity index (χ1) is 12.1. The molecule has 0 spiro atoms. The van der Waals surface area contributed by atoms with Crippen molar-refractivity contribution in [2.75, 3.05) is 5.32 Å². The molecule has 0 saturated carbocycles. The van der Waals surface area contributed by atoms with E-state index in [-0.39, 0.29) is 16.4 Å². The van der Waals surface area contributed by atoms with Gasteiger partial charge in [0, 0.05) is 23.3 Å². The van der Waals surface area contributed by atoms with Gasteiger partial charge in [-0.1, -0.05) is 18.2 Å². The maximum Gasteiger partial charge on any atom is 0.282 e. The van der Waals surface area contributed by atoms with Gasteiger partial charge in [0.15, 0.2) is 5.11 Å². The number of nitro groups is 1. The summed E-state index contributed by atoms with van der Waals surface area (Å²) in [5, 5.41) is 17.3. The summed E-state index contributed by atoms with van der Waals surface area (Å²) in [6.45, 7) is 0. The van der Waals surface area contributed by atoms with Crippen molar-refractivity contribution in [1.29, 1.82) is 0 Å². The molecule has 2 aromatic carbocycles. The SMILES string of the molecule is O=C(NC(=S)Nc1cccc2ncccc12)c1ccccc1[N+](=O)[O-]. The second-order valence-electron chi connectivity index (χ2n) is 5.06. The van der Waals surface area contributed by atoms with E-state index >= 15 is 0 Å². The molecular formula is C17H12N4O3S. The van der Waals surface area contributed by atoms with Gasteiger partial charge in [0.05, 0.1) is 10.4 Å². The van der Waals surface area contributed by atoms with Gasteiger partial charge in [-0.25, -0.2) is 0 Å². The minimum absolute atomic E-state index is 0.0412. The zero-order valence-electron chi connectivity index (χ0n) is 12.8. The second-order valence-corrected chi connectivity index (χ2v) is 5.47. The Morgan fingerprint density at radius 3 is 2.68 bits per heavy atom. The highest BCUT2D eigenvalue weighted by molar-refractivity contribution is 7.80. The molecule has 1 amide bonds. The standard InChI is InChI=1S/C17H12N4O3S/c22-16(12-5-1-2-9-15(12)21(23)24)20-17(25)19-14-8-3-7-13-11(14)6-4-10-18-13/h1-10H,(H2,19,20,22,25). The van der Waals surface area contributed by atoms with Crippen molar-refractivity contribution in [3.63, 3.8) is 0 Å². The lowest BCUT2D eigenvalue weighted by Crippen LogP contribution is -2.34. The molecule has 0 unspecified atom stereocenters. The lowest BCUT2D eigenvalue weighted by molar-refractivity contribution is -0.385. The Bertz CT molecular complexity index is 985. The molecule has 0 saturated heterocycles. The number of fused-ring (bicyclic) bond motifs is 1. The molecule has 1 aromatic heterocycles. The number of anilines is 1. The Balaban J connectivity index is 1.79. The van der Waals surface area contributed by atoms with Gasteiger partial charge in [-0.15, -0.1) is 0 Å². The maximum atomic E-state index is 12.3. The molecule has 3 aromatic rings. The van der Waals surface area contributed by atoms with Gasteiger partial charge >= 0.3 is 0 Å². The molecule has 1 heterocycles. The van der Waals surface area contributed by atoms with E-state index in [9.17, 15) is 14.9 Å². The van der Waals surface area contributed by atoms with E-state index in [0.717, 1.165) is 10.9 Å². The van der Waals surface area contributed by atoms with E-state index in [2.05, 4.69) is 15.6 Å². The van der Waals surface area contributed by atoms with Crippen LogP contribution in [-0.2, 0) is 0 Å². The maximum absolute atomic E-state index is 12.3. The molecule has 25 heavy (non-hydrogen) atoms. The van der Waals surface area contributed by atoms with Crippen LogP contribution in [0.4, 0.5) is 11.4 Å². The summed E-state index contributed by atoms with van der Waals surface area (Å²) in [7, 11) is 0. The molecule has 0 aliphatic heterocycles. The molecule has 3 rings (SSSR count). The number of amides is 1. The van der Waals surface area contributed by atoms with Crippen LogP contribution in [-0.4, -0.2) is 20.9 Å². The number of nitrogens with one attached hydrogen (secondary N) is 2. The number of thiocarbonyl (C=S) groups is 1. The first-order valence-corrected chi connectivity index (χ1v) is 7.66. The first-order valence-electron chi connectivity index (χ1n) is 7.26. The highest BCUT2D eigenvalue weighted by Gasteiger charge is 2.20. The Morgan fingerprint density at radius 2 is 1.88 bits per heavy atom. The van der Waals surface area contributed by atoms with E-state index in [1.807, 2.05) is 18.2 Å². The number of rotatable bonds is 3. The summed E-state index contributed by atoms with van der Waals surface area (Å²) in [6.07, 6.45) is 1.68. The van der Waals surface area contributed by atoms with E-state index in [1.54, 1.807) is 24.4 Å². The van der Waals surface area contributed by atoms with Gasteiger partial charge < -0.3 is 5.32 Å². The van der Waals surface area contributed by atoms with E-state index in [4.69, 9.17) is 12.2 Å². The fraction of sp³-hybridized carbons (Fsp3) is 0. The fourth-order valence-corrected chi connectivity index (χ4v) is 2.56. The number of pyridine rings is 1. The number of hydrogen-bond acceptors (Lipinski definition) is 5. The van der Waals surface area contributed by atoms with Gasteiger partial charge in [-0.05, 0) is 42.5 Å². The molecule has 0 atom stereocenters. The highest BCUT2D eigenvalue weighted by atomic mass is 32.1. The number of carbonyl (C=O) groups excluding carboxylic acids is 1. The van der Waals surface area contributed by atoms with Crippen LogP contribution >= 0.6 is 12.2 Å². The summed E-state index contributed by atoms with van der Waals surface area (Å²) in [5.74, 6) is -0.650. The van der Waals surface area contributed by atoms with Crippen LogP contribution in [0.25, 0.3) is 10.9 Å². The molecule has 0 aliphatic rings. The van der Waals surface area contributed by atoms with E-state index in [0.29, 0.717) is 5.69 Å². The Labute approximate surface area is 147 Å². The topological polar surface area (TPSA) is 97.2 Å². The summed E-state index contributed by atoms with van der Waals surface area (Å²) in [5.41, 5.74) is 1.12. The average molecular weight is 352 g/mol.